The quantitative estimate of drug-likeness (QED) is 0.841. The highest BCUT2D eigenvalue weighted by Crippen LogP contribution is 2.25. The van der Waals surface area contributed by atoms with Gasteiger partial charge in [0.1, 0.15) is 5.60 Å². The van der Waals surface area contributed by atoms with Crippen molar-refractivity contribution in [2.24, 2.45) is 0 Å². The third-order valence-electron chi connectivity index (χ3n) is 3.59. The Morgan fingerprint density at radius 2 is 2.04 bits per heavy atom. The summed E-state index contributed by atoms with van der Waals surface area (Å²) in [4.78, 5) is 25.7. The van der Waals surface area contributed by atoms with Crippen molar-refractivity contribution in [2.75, 3.05) is 25.5 Å². The monoisotopic (exact) mass is 354 g/mol. The van der Waals surface area contributed by atoms with Crippen LogP contribution in [0.1, 0.15) is 37.6 Å². The van der Waals surface area contributed by atoms with E-state index in [-0.39, 0.29) is 12.1 Å². The number of carbonyl (C=O) groups is 2. The number of halogens is 1. The standard InChI is InChI=1S/C17H23ClN2O4/c1-17(2,3)24-16(22)20-8-7-12(10-20)19-14-6-5-11(18)9-13(14)15(21)23-4/h5-6,9,12,19H,7-8,10H2,1-4H3. The SMILES string of the molecule is COC(=O)c1cc(Cl)ccc1NC1CCN(C(=O)OC(C)(C)C)C1. The molecule has 1 saturated heterocycles. The molecule has 0 aromatic heterocycles. The third kappa shape index (κ3) is 4.77. The summed E-state index contributed by atoms with van der Waals surface area (Å²) in [6.45, 7) is 6.64. The summed E-state index contributed by atoms with van der Waals surface area (Å²) in [5, 5.41) is 3.75. The van der Waals surface area contributed by atoms with Crippen LogP contribution >= 0.6 is 11.6 Å². The number of hydrogen-bond acceptors (Lipinski definition) is 5. The van der Waals surface area contributed by atoms with Gasteiger partial charge in [0, 0.05) is 29.8 Å². The average Bonchev–Trinajstić information content (AvgIpc) is 2.95. The van der Waals surface area contributed by atoms with Crippen molar-refractivity contribution in [1.82, 2.24) is 4.90 Å². The minimum Gasteiger partial charge on any atom is -0.465 e. The maximum absolute atomic E-state index is 12.1. The molecule has 1 heterocycles. The molecule has 1 aliphatic heterocycles. The summed E-state index contributed by atoms with van der Waals surface area (Å²) >= 11 is 5.96. The average molecular weight is 355 g/mol. The van der Waals surface area contributed by atoms with E-state index in [9.17, 15) is 9.59 Å². The number of methoxy groups -OCH3 is 1. The van der Waals surface area contributed by atoms with Crippen LogP contribution in [0, 0.1) is 0 Å². The van der Waals surface area contributed by atoms with E-state index in [0.717, 1.165) is 6.42 Å². The Bertz CT molecular complexity index is 628. The first-order chi connectivity index (χ1) is 11.2. The van der Waals surface area contributed by atoms with Crippen molar-refractivity contribution >= 4 is 29.4 Å². The van der Waals surface area contributed by atoms with Gasteiger partial charge in [-0.05, 0) is 45.4 Å². The zero-order valence-corrected chi connectivity index (χ0v) is 15.1. The van der Waals surface area contributed by atoms with Crippen LogP contribution in [0.4, 0.5) is 10.5 Å². The lowest BCUT2D eigenvalue weighted by Crippen LogP contribution is -2.36. The van der Waals surface area contributed by atoms with E-state index in [1.165, 1.54) is 7.11 Å². The van der Waals surface area contributed by atoms with Gasteiger partial charge in [0.2, 0.25) is 0 Å². The van der Waals surface area contributed by atoms with Crippen molar-refractivity contribution in [3.05, 3.63) is 28.8 Å². The number of nitrogens with one attached hydrogen (secondary N) is 1. The summed E-state index contributed by atoms with van der Waals surface area (Å²) < 4.78 is 10.2. The van der Waals surface area contributed by atoms with E-state index in [1.807, 2.05) is 20.8 Å². The Labute approximate surface area is 147 Å². The minimum atomic E-state index is -0.517. The second-order valence-corrected chi connectivity index (χ2v) is 7.17. The van der Waals surface area contributed by atoms with Crippen LogP contribution in [0.2, 0.25) is 5.02 Å². The number of carbonyl (C=O) groups excluding carboxylic acids is 2. The Balaban J connectivity index is 2.03. The Morgan fingerprint density at radius 1 is 1.33 bits per heavy atom. The molecule has 6 nitrogen and oxygen atoms in total. The molecule has 1 aromatic rings. The highest BCUT2D eigenvalue weighted by atomic mass is 35.5. The lowest BCUT2D eigenvalue weighted by Gasteiger charge is -2.24. The highest BCUT2D eigenvalue weighted by Gasteiger charge is 2.30. The molecule has 0 saturated carbocycles. The zero-order valence-electron chi connectivity index (χ0n) is 14.4. The summed E-state index contributed by atoms with van der Waals surface area (Å²) in [6, 6.07) is 5.04. The molecular weight excluding hydrogens is 332 g/mol. The maximum Gasteiger partial charge on any atom is 0.410 e. The van der Waals surface area contributed by atoms with Gasteiger partial charge in [-0.15, -0.1) is 0 Å². The molecule has 1 aliphatic rings. The van der Waals surface area contributed by atoms with E-state index in [2.05, 4.69) is 5.32 Å². The van der Waals surface area contributed by atoms with Crippen LogP contribution in [-0.2, 0) is 9.47 Å². The van der Waals surface area contributed by atoms with Crippen LogP contribution in [0.5, 0.6) is 0 Å². The zero-order chi connectivity index (χ0) is 17.9. The second kappa shape index (κ2) is 7.30. The lowest BCUT2D eigenvalue weighted by molar-refractivity contribution is 0.0293. The number of rotatable bonds is 3. The van der Waals surface area contributed by atoms with Crippen molar-refractivity contribution in [1.29, 1.82) is 0 Å². The number of benzene rings is 1. The molecule has 0 aliphatic carbocycles. The molecule has 24 heavy (non-hydrogen) atoms. The predicted octanol–water partition coefficient (Wildman–Crippen LogP) is 3.55. The summed E-state index contributed by atoms with van der Waals surface area (Å²) in [5.41, 5.74) is 0.500. The number of likely N-dealkylation sites (tertiary alicyclic amines) is 1. The molecule has 0 radical (unpaired) electrons. The van der Waals surface area contributed by atoms with Crippen LogP contribution in [-0.4, -0.2) is 48.8 Å². The number of esters is 1. The Morgan fingerprint density at radius 3 is 2.67 bits per heavy atom. The van der Waals surface area contributed by atoms with Crippen LogP contribution in [0.25, 0.3) is 0 Å². The van der Waals surface area contributed by atoms with E-state index >= 15 is 0 Å². The number of hydrogen-bond donors (Lipinski definition) is 1. The van der Waals surface area contributed by atoms with Crippen LogP contribution in [0.3, 0.4) is 0 Å². The molecule has 132 valence electrons. The highest BCUT2D eigenvalue weighted by molar-refractivity contribution is 6.31. The van der Waals surface area contributed by atoms with Crippen LogP contribution in [0.15, 0.2) is 18.2 Å². The molecule has 1 amide bonds. The fourth-order valence-electron chi connectivity index (χ4n) is 2.51. The molecule has 2 rings (SSSR count). The predicted molar refractivity (Wildman–Crippen MR) is 92.6 cm³/mol. The van der Waals surface area contributed by atoms with Gasteiger partial charge in [0.05, 0.1) is 12.7 Å². The van der Waals surface area contributed by atoms with Gasteiger partial charge in [-0.1, -0.05) is 11.6 Å². The van der Waals surface area contributed by atoms with Crippen molar-refractivity contribution < 1.29 is 19.1 Å². The van der Waals surface area contributed by atoms with Gasteiger partial charge in [-0.25, -0.2) is 9.59 Å². The first-order valence-corrected chi connectivity index (χ1v) is 8.20. The number of ether oxygens (including phenoxy) is 2. The molecule has 1 fully saturated rings. The van der Waals surface area contributed by atoms with E-state index in [4.69, 9.17) is 21.1 Å². The molecule has 1 aromatic carbocycles. The Hall–Kier alpha value is -1.95. The fraction of sp³-hybridized carbons (Fsp3) is 0.529. The third-order valence-corrected chi connectivity index (χ3v) is 3.82. The fourth-order valence-corrected chi connectivity index (χ4v) is 2.68. The van der Waals surface area contributed by atoms with Crippen molar-refractivity contribution in [3.63, 3.8) is 0 Å². The largest absolute Gasteiger partial charge is 0.465 e. The number of amides is 1. The molecule has 1 N–H and O–H groups in total. The normalized spacial score (nSPS) is 17.5. The maximum atomic E-state index is 12.1. The molecule has 0 spiro atoms. The van der Waals surface area contributed by atoms with Crippen LogP contribution < -0.4 is 5.32 Å². The van der Waals surface area contributed by atoms with E-state index in [0.29, 0.717) is 29.4 Å². The van der Waals surface area contributed by atoms with Gasteiger partial charge in [-0.2, -0.15) is 0 Å². The first kappa shape index (κ1) is 18.4. The number of nitrogens with zero attached hydrogens (tertiary/aromatic N) is 1. The summed E-state index contributed by atoms with van der Waals surface area (Å²) in [6.07, 6.45) is 0.443. The Kier molecular flexibility index (Phi) is 5.59. The van der Waals surface area contributed by atoms with Crippen molar-refractivity contribution in [2.45, 2.75) is 38.8 Å². The van der Waals surface area contributed by atoms with Crippen molar-refractivity contribution in [3.8, 4) is 0 Å². The van der Waals surface area contributed by atoms with Gasteiger partial charge < -0.3 is 19.7 Å². The molecule has 1 atom stereocenters. The summed E-state index contributed by atoms with van der Waals surface area (Å²) in [7, 11) is 1.33. The molecular formula is C17H23ClN2O4. The molecule has 1 unspecified atom stereocenters. The molecule has 0 bridgehead atoms. The van der Waals surface area contributed by atoms with E-state index < -0.39 is 11.6 Å². The van der Waals surface area contributed by atoms with Gasteiger partial charge in [0.15, 0.2) is 0 Å². The first-order valence-electron chi connectivity index (χ1n) is 7.82. The topological polar surface area (TPSA) is 67.9 Å². The number of anilines is 1. The van der Waals surface area contributed by atoms with Gasteiger partial charge in [-0.3, -0.25) is 0 Å². The minimum absolute atomic E-state index is 0.0297. The smallest absolute Gasteiger partial charge is 0.410 e. The second-order valence-electron chi connectivity index (χ2n) is 6.74. The van der Waals surface area contributed by atoms with E-state index in [1.54, 1.807) is 23.1 Å². The van der Waals surface area contributed by atoms with Gasteiger partial charge >= 0.3 is 12.1 Å². The van der Waals surface area contributed by atoms with Gasteiger partial charge in [0.25, 0.3) is 0 Å². The summed E-state index contributed by atoms with van der Waals surface area (Å²) in [5.74, 6) is -0.456. The lowest BCUT2D eigenvalue weighted by atomic mass is 10.1. The molecule has 7 heteroatoms.